The first-order valence-electron chi connectivity index (χ1n) is 8.91. The molecule has 0 spiro atoms. The number of nitrogens with one attached hydrogen (secondary N) is 3. The number of hydrogen-bond donors (Lipinski definition) is 5. The maximum absolute atomic E-state index is 12.4. The zero-order chi connectivity index (χ0) is 20.1. The van der Waals surface area contributed by atoms with Crippen molar-refractivity contribution in [2.75, 3.05) is 0 Å². The van der Waals surface area contributed by atoms with Gasteiger partial charge in [-0.2, -0.15) is 0 Å². The number of carbonyl (C=O) groups is 3. The number of hydrogen-bond acceptors (Lipinski definition) is 4. The van der Waals surface area contributed by atoms with Crippen molar-refractivity contribution >= 4 is 28.6 Å². The predicted molar refractivity (Wildman–Crippen MR) is 104 cm³/mol. The van der Waals surface area contributed by atoms with Crippen LogP contribution < -0.4 is 22.1 Å². The van der Waals surface area contributed by atoms with Crippen LogP contribution in [0.2, 0.25) is 0 Å². The fourth-order valence-corrected chi connectivity index (χ4v) is 2.72. The lowest BCUT2D eigenvalue weighted by atomic mass is 10.0. The average molecular weight is 373 g/mol. The van der Waals surface area contributed by atoms with Gasteiger partial charge >= 0.3 is 0 Å². The molecule has 27 heavy (non-hydrogen) atoms. The highest BCUT2D eigenvalue weighted by molar-refractivity contribution is 5.93. The first kappa shape index (κ1) is 20.4. The van der Waals surface area contributed by atoms with Crippen LogP contribution in [0.3, 0.4) is 0 Å². The van der Waals surface area contributed by atoms with Gasteiger partial charge in [-0.05, 0) is 24.5 Å². The summed E-state index contributed by atoms with van der Waals surface area (Å²) in [4.78, 5) is 39.4. The Labute approximate surface area is 158 Å². The lowest BCUT2D eigenvalue weighted by Gasteiger charge is -2.21. The Morgan fingerprint density at radius 1 is 1.07 bits per heavy atom. The number of primary amides is 1. The van der Waals surface area contributed by atoms with Crippen molar-refractivity contribution in [3.05, 3.63) is 36.0 Å². The van der Waals surface area contributed by atoms with Crippen molar-refractivity contribution in [1.82, 2.24) is 15.6 Å². The highest BCUT2D eigenvalue weighted by atomic mass is 16.2. The van der Waals surface area contributed by atoms with Crippen LogP contribution in [-0.4, -0.2) is 40.8 Å². The summed E-state index contributed by atoms with van der Waals surface area (Å²) in [5, 5.41) is 6.13. The topological polar surface area (TPSA) is 143 Å². The second-order valence-electron chi connectivity index (χ2n) is 7.03. The standard InChI is InChI=1S/C19H27N5O3/c1-10(2)16(20)19(27)23-11(3)18(26)24-15(17(21)25)8-12-9-22-14-7-5-4-6-13(12)14/h4-7,9-11,15-16,22H,8,20H2,1-3H3,(H2,21,25)(H,23,27)(H,24,26)/t11-,15-,16-/m0/s1. The summed E-state index contributed by atoms with van der Waals surface area (Å²) in [7, 11) is 0. The molecule has 1 aromatic heterocycles. The zero-order valence-electron chi connectivity index (χ0n) is 15.8. The quantitative estimate of drug-likeness (QED) is 0.449. The molecule has 0 aliphatic heterocycles. The molecule has 0 aliphatic carbocycles. The van der Waals surface area contributed by atoms with Crippen LogP contribution in [0.15, 0.2) is 30.5 Å². The first-order chi connectivity index (χ1) is 12.7. The molecule has 0 unspecified atom stereocenters. The predicted octanol–water partition coefficient (Wildman–Crippen LogP) is 0.169. The van der Waals surface area contributed by atoms with E-state index in [4.69, 9.17) is 11.5 Å². The molecule has 1 aromatic carbocycles. The minimum absolute atomic E-state index is 0.0551. The van der Waals surface area contributed by atoms with Crippen molar-refractivity contribution in [3.63, 3.8) is 0 Å². The number of aromatic amines is 1. The van der Waals surface area contributed by atoms with Crippen molar-refractivity contribution in [2.24, 2.45) is 17.4 Å². The van der Waals surface area contributed by atoms with Crippen molar-refractivity contribution in [2.45, 2.75) is 45.3 Å². The largest absolute Gasteiger partial charge is 0.368 e. The fraction of sp³-hybridized carbons (Fsp3) is 0.421. The molecule has 1 heterocycles. The van der Waals surface area contributed by atoms with Gasteiger partial charge in [0, 0.05) is 23.5 Å². The van der Waals surface area contributed by atoms with Crippen molar-refractivity contribution in [3.8, 4) is 0 Å². The second kappa shape index (κ2) is 8.68. The van der Waals surface area contributed by atoms with Gasteiger partial charge in [-0.15, -0.1) is 0 Å². The number of benzene rings is 1. The van der Waals surface area contributed by atoms with E-state index in [-0.39, 0.29) is 12.3 Å². The van der Waals surface area contributed by atoms with E-state index in [1.54, 1.807) is 6.20 Å². The summed E-state index contributed by atoms with van der Waals surface area (Å²) >= 11 is 0. The molecule has 0 bridgehead atoms. The molecular weight excluding hydrogens is 346 g/mol. The summed E-state index contributed by atoms with van der Waals surface area (Å²) in [5.41, 5.74) is 13.0. The Morgan fingerprint density at radius 3 is 2.37 bits per heavy atom. The molecule has 0 radical (unpaired) electrons. The Morgan fingerprint density at radius 2 is 1.74 bits per heavy atom. The van der Waals surface area contributed by atoms with E-state index < -0.39 is 35.8 Å². The molecule has 2 rings (SSSR count). The van der Waals surface area contributed by atoms with E-state index in [0.717, 1.165) is 16.5 Å². The van der Waals surface area contributed by atoms with E-state index in [0.29, 0.717) is 0 Å². The maximum Gasteiger partial charge on any atom is 0.242 e. The summed E-state index contributed by atoms with van der Waals surface area (Å²) in [6.07, 6.45) is 2.04. The molecule has 3 amide bonds. The number of H-pyrrole nitrogens is 1. The number of aromatic nitrogens is 1. The minimum Gasteiger partial charge on any atom is -0.368 e. The van der Waals surface area contributed by atoms with Crippen molar-refractivity contribution < 1.29 is 14.4 Å². The molecule has 2 aromatic rings. The molecule has 0 saturated heterocycles. The third kappa shape index (κ3) is 5.07. The van der Waals surface area contributed by atoms with Crippen molar-refractivity contribution in [1.29, 1.82) is 0 Å². The van der Waals surface area contributed by atoms with Crippen LogP contribution in [0.25, 0.3) is 10.9 Å². The van der Waals surface area contributed by atoms with E-state index in [2.05, 4.69) is 15.6 Å². The lowest BCUT2D eigenvalue weighted by molar-refractivity contribution is -0.131. The summed E-state index contributed by atoms with van der Waals surface area (Å²) in [5.74, 6) is -1.62. The van der Waals surface area contributed by atoms with Gasteiger partial charge in [-0.1, -0.05) is 32.0 Å². The van der Waals surface area contributed by atoms with Gasteiger partial charge in [0.15, 0.2) is 0 Å². The molecule has 8 nitrogen and oxygen atoms in total. The molecule has 146 valence electrons. The molecule has 0 aliphatic rings. The number of fused-ring (bicyclic) bond motifs is 1. The zero-order valence-corrected chi connectivity index (χ0v) is 15.8. The molecule has 7 N–H and O–H groups in total. The van der Waals surface area contributed by atoms with Gasteiger partial charge in [0.1, 0.15) is 12.1 Å². The monoisotopic (exact) mass is 373 g/mol. The van der Waals surface area contributed by atoms with Crippen LogP contribution in [0, 0.1) is 5.92 Å². The SMILES string of the molecule is CC(C)[C@H](N)C(=O)N[C@@H](C)C(=O)N[C@@H](Cc1c[nH]c2ccccc12)C(N)=O. The van der Waals surface area contributed by atoms with Crippen LogP contribution in [0.4, 0.5) is 0 Å². The minimum atomic E-state index is -0.894. The first-order valence-corrected chi connectivity index (χ1v) is 8.91. The Hall–Kier alpha value is -2.87. The van der Waals surface area contributed by atoms with E-state index in [1.165, 1.54) is 6.92 Å². The van der Waals surface area contributed by atoms with Gasteiger partial charge in [0.25, 0.3) is 0 Å². The third-order valence-electron chi connectivity index (χ3n) is 4.53. The third-order valence-corrected chi connectivity index (χ3v) is 4.53. The smallest absolute Gasteiger partial charge is 0.242 e. The van der Waals surface area contributed by atoms with Gasteiger partial charge in [-0.3, -0.25) is 14.4 Å². The number of nitrogens with two attached hydrogens (primary N) is 2. The molecule has 8 heteroatoms. The fourth-order valence-electron chi connectivity index (χ4n) is 2.72. The summed E-state index contributed by atoms with van der Waals surface area (Å²) in [6, 6.07) is 5.21. The van der Waals surface area contributed by atoms with Gasteiger partial charge in [0.2, 0.25) is 17.7 Å². The Kier molecular flexibility index (Phi) is 6.57. The van der Waals surface area contributed by atoms with Crippen LogP contribution in [0.1, 0.15) is 26.3 Å². The maximum atomic E-state index is 12.4. The highest BCUT2D eigenvalue weighted by Gasteiger charge is 2.26. The molecule has 0 saturated carbocycles. The highest BCUT2D eigenvalue weighted by Crippen LogP contribution is 2.19. The molecular formula is C19H27N5O3. The van der Waals surface area contributed by atoms with Gasteiger partial charge < -0.3 is 27.1 Å². The Balaban J connectivity index is 2.04. The molecule has 0 fully saturated rings. The van der Waals surface area contributed by atoms with Gasteiger partial charge in [-0.25, -0.2) is 0 Å². The van der Waals surface area contributed by atoms with E-state index >= 15 is 0 Å². The Bertz CT molecular complexity index is 830. The number of para-hydroxylation sites is 1. The average Bonchev–Trinajstić information content (AvgIpc) is 3.03. The van der Waals surface area contributed by atoms with Crippen LogP contribution in [0.5, 0.6) is 0 Å². The summed E-state index contributed by atoms with van der Waals surface area (Å²) in [6.45, 7) is 5.17. The lowest BCUT2D eigenvalue weighted by Crippen LogP contribution is -2.55. The van der Waals surface area contributed by atoms with E-state index in [1.807, 2.05) is 38.1 Å². The van der Waals surface area contributed by atoms with Gasteiger partial charge in [0.05, 0.1) is 6.04 Å². The normalized spacial score (nSPS) is 14.6. The van der Waals surface area contributed by atoms with E-state index in [9.17, 15) is 14.4 Å². The summed E-state index contributed by atoms with van der Waals surface area (Å²) < 4.78 is 0. The second-order valence-corrected chi connectivity index (χ2v) is 7.03. The number of rotatable bonds is 8. The van der Waals surface area contributed by atoms with Crippen LogP contribution in [-0.2, 0) is 20.8 Å². The van der Waals surface area contributed by atoms with Crippen LogP contribution >= 0.6 is 0 Å². The molecule has 3 atom stereocenters. The number of carbonyl (C=O) groups excluding carboxylic acids is 3. The number of amides is 3.